The van der Waals surface area contributed by atoms with Gasteiger partial charge in [-0.2, -0.15) is 0 Å². The van der Waals surface area contributed by atoms with E-state index in [2.05, 4.69) is 87.5 Å². The van der Waals surface area contributed by atoms with Crippen LogP contribution in [0.25, 0.3) is 0 Å². The molecule has 0 aromatic heterocycles. The SMILES string of the molecule is C#CC1=C(C)C(C)=CCC1.C=CC(=C(C)C)/C(C)=C(/C)C(=C)C.CCCC(C)CCC. The van der Waals surface area contributed by atoms with Crippen LogP contribution in [0.15, 0.2) is 69.9 Å². The normalized spacial score (nSPS) is 13.5. The third-order valence-corrected chi connectivity index (χ3v) is 5.98. The first-order valence-corrected chi connectivity index (χ1v) is 11.9. The minimum absolute atomic E-state index is 0.963. The molecule has 1 aliphatic carbocycles. The molecule has 0 radical (unpaired) electrons. The van der Waals surface area contributed by atoms with Crippen molar-refractivity contribution in [1.82, 2.24) is 0 Å². The van der Waals surface area contributed by atoms with Crippen molar-refractivity contribution >= 4 is 0 Å². The minimum atomic E-state index is 0.963. The summed E-state index contributed by atoms with van der Waals surface area (Å²) in [6.07, 6.45) is 17.2. The summed E-state index contributed by atoms with van der Waals surface area (Å²) in [6.45, 7) is 29.3. The van der Waals surface area contributed by atoms with Crippen molar-refractivity contribution in [2.75, 3.05) is 0 Å². The van der Waals surface area contributed by atoms with Crippen LogP contribution in [0, 0.1) is 18.3 Å². The molecule has 0 unspecified atom stereocenters. The zero-order valence-electron chi connectivity index (χ0n) is 22.5. The molecule has 0 aromatic rings. The van der Waals surface area contributed by atoms with E-state index in [0.29, 0.717) is 0 Å². The molecule has 0 amide bonds. The van der Waals surface area contributed by atoms with Gasteiger partial charge in [-0.05, 0) is 89.5 Å². The van der Waals surface area contributed by atoms with E-state index in [1.165, 1.54) is 64.7 Å². The van der Waals surface area contributed by atoms with E-state index in [4.69, 9.17) is 6.42 Å². The maximum atomic E-state index is 5.32. The first-order chi connectivity index (χ1) is 14.5. The highest BCUT2D eigenvalue weighted by Gasteiger charge is 2.05. The third-order valence-electron chi connectivity index (χ3n) is 5.98. The van der Waals surface area contributed by atoms with Gasteiger partial charge >= 0.3 is 0 Å². The fourth-order valence-corrected chi connectivity index (χ4v) is 3.58. The van der Waals surface area contributed by atoms with Gasteiger partial charge in [-0.25, -0.2) is 0 Å². The van der Waals surface area contributed by atoms with Crippen molar-refractivity contribution in [3.05, 3.63) is 69.9 Å². The van der Waals surface area contributed by atoms with Crippen LogP contribution < -0.4 is 0 Å². The highest BCUT2D eigenvalue weighted by Crippen LogP contribution is 2.23. The van der Waals surface area contributed by atoms with Crippen LogP contribution in [0.4, 0.5) is 0 Å². The second kappa shape index (κ2) is 17.7. The molecule has 0 N–H and O–H groups in total. The summed E-state index contributed by atoms with van der Waals surface area (Å²) in [6, 6.07) is 0. The lowest BCUT2D eigenvalue weighted by molar-refractivity contribution is 0.480. The molecule has 1 rings (SSSR count). The predicted molar refractivity (Wildman–Crippen MR) is 145 cm³/mol. The quantitative estimate of drug-likeness (QED) is 0.283. The van der Waals surface area contributed by atoms with Crippen LogP contribution in [0.5, 0.6) is 0 Å². The van der Waals surface area contributed by atoms with E-state index in [0.717, 1.165) is 24.3 Å². The lowest BCUT2D eigenvalue weighted by Gasteiger charge is -2.11. The van der Waals surface area contributed by atoms with E-state index >= 15 is 0 Å². The summed E-state index contributed by atoms with van der Waals surface area (Å²) in [5.74, 6) is 3.69. The number of rotatable bonds is 7. The number of hydrogen-bond acceptors (Lipinski definition) is 0. The van der Waals surface area contributed by atoms with Crippen molar-refractivity contribution in [1.29, 1.82) is 0 Å². The Labute approximate surface area is 196 Å². The van der Waals surface area contributed by atoms with E-state index in [-0.39, 0.29) is 0 Å². The summed E-state index contributed by atoms with van der Waals surface area (Å²) >= 11 is 0. The Morgan fingerprint density at radius 2 is 1.58 bits per heavy atom. The van der Waals surface area contributed by atoms with Gasteiger partial charge < -0.3 is 0 Å². The summed E-state index contributed by atoms with van der Waals surface area (Å²) < 4.78 is 0. The monoisotopic (exact) mass is 422 g/mol. The highest BCUT2D eigenvalue weighted by molar-refractivity contribution is 5.47. The molecule has 31 heavy (non-hydrogen) atoms. The Morgan fingerprint density at radius 1 is 1.06 bits per heavy atom. The smallest absolute Gasteiger partial charge is 0.00524 e. The molecule has 0 fully saturated rings. The molecule has 0 heterocycles. The standard InChI is InChI=1S/C13H20.C10H12.C8H18/c1-8-13(10(4)5)12(7)11(6)9(2)3;1-4-10-7-5-6-8(2)9(10)3;1-4-6-8(3)7-5-2/h8H,1-2H2,3-7H3;1,6H,5,7H2,2-3H3;8H,4-7H2,1-3H3/b12-11-;;. The largest absolute Gasteiger partial charge is 0.115 e. The fourth-order valence-electron chi connectivity index (χ4n) is 3.58. The molecule has 0 saturated carbocycles. The van der Waals surface area contributed by atoms with Gasteiger partial charge in [-0.15, -0.1) is 6.42 Å². The Kier molecular flexibility index (Phi) is 17.8. The molecule has 174 valence electrons. The van der Waals surface area contributed by atoms with Crippen molar-refractivity contribution in [3.63, 3.8) is 0 Å². The van der Waals surface area contributed by atoms with Gasteiger partial charge in [0.25, 0.3) is 0 Å². The number of allylic oxidation sites excluding steroid dienone is 10. The van der Waals surface area contributed by atoms with Gasteiger partial charge in [-0.3, -0.25) is 0 Å². The molecule has 0 heteroatoms. The van der Waals surface area contributed by atoms with Crippen molar-refractivity contribution < 1.29 is 0 Å². The molecule has 0 aromatic carbocycles. The summed E-state index contributed by atoms with van der Waals surface area (Å²) in [5.41, 5.74) is 10.0. The molecule has 0 bridgehead atoms. The maximum Gasteiger partial charge on any atom is 0.00524 e. The number of hydrogen-bond donors (Lipinski definition) is 0. The number of terminal acetylenes is 1. The Balaban J connectivity index is 0. The van der Waals surface area contributed by atoms with E-state index < -0.39 is 0 Å². The molecule has 0 atom stereocenters. The van der Waals surface area contributed by atoms with E-state index in [9.17, 15) is 0 Å². The zero-order valence-corrected chi connectivity index (χ0v) is 22.5. The lowest BCUT2D eigenvalue weighted by Crippen LogP contribution is -1.93. The van der Waals surface area contributed by atoms with Gasteiger partial charge in [0.15, 0.2) is 0 Å². The van der Waals surface area contributed by atoms with Crippen LogP contribution >= 0.6 is 0 Å². The van der Waals surface area contributed by atoms with Gasteiger partial charge in [0.1, 0.15) is 0 Å². The summed E-state index contributed by atoms with van der Waals surface area (Å²) in [4.78, 5) is 0. The average molecular weight is 423 g/mol. The second-order valence-electron chi connectivity index (χ2n) is 9.00. The van der Waals surface area contributed by atoms with Gasteiger partial charge in [0, 0.05) is 5.57 Å². The van der Waals surface area contributed by atoms with Gasteiger partial charge in [-0.1, -0.05) is 94.4 Å². The third kappa shape index (κ3) is 13.1. The van der Waals surface area contributed by atoms with E-state index in [1.807, 2.05) is 13.0 Å². The van der Waals surface area contributed by atoms with Crippen LogP contribution in [-0.4, -0.2) is 0 Å². The molecule has 0 aliphatic heterocycles. The molecular weight excluding hydrogens is 372 g/mol. The van der Waals surface area contributed by atoms with Crippen molar-refractivity contribution in [2.45, 2.75) is 108 Å². The Hall–Kier alpha value is -2.00. The Morgan fingerprint density at radius 3 is 1.90 bits per heavy atom. The van der Waals surface area contributed by atoms with Crippen molar-refractivity contribution in [3.8, 4) is 12.3 Å². The Bertz CT molecular complexity index is 727. The van der Waals surface area contributed by atoms with Crippen LogP contribution in [0.3, 0.4) is 0 Å². The van der Waals surface area contributed by atoms with Crippen LogP contribution in [0.2, 0.25) is 0 Å². The zero-order chi connectivity index (χ0) is 24.6. The van der Waals surface area contributed by atoms with E-state index in [1.54, 1.807) is 0 Å². The summed E-state index contributed by atoms with van der Waals surface area (Å²) in [7, 11) is 0. The first kappa shape index (κ1) is 31.2. The van der Waals surface area contributed by atoms with Crippen molar-refractivity contribution in [2.24, 2.45) is 5.92 Å². The highest BCUT2D eigenvalue weighted by atomic mass is 14.1. The topological polar surface area (TPSA) is 0 Å². The van der Waals surface area contributed by atoms with Crippen LogP contribution in [-0.2, 0) is 0 Å². The fraction of sp³-hybridized carbons (Fsp3) is 0.548. The van der Waals surface area contributed by atoms with Gasteiger partial charge in [0.2, 0.25) is 0 Å². The molecular formula is C31H50. The molecule has 0 spiro atoms. The second-order valence-corrected chi connectivity index (χ2v) is 9.00. The summed E-state index contributed by atoms with van der Waals surface area (Å²) in [5, 5.41) is 0. The van der Waals surface area contributed by atoms with Crippen LogP contribution in [0.1, 0.15) is 108 Å². The molecule has 0 saturated heterocycles. The van der Waals surface area contributed by atoms with Gasteiger partial charge in [0.05, 0.1) is 0 Å². The molecule has 0 nitrogen and oxygen atoms in total. The first-order valence-electron chi connectivity index (χ1n) is 11.9. The maximum absolute atomic E-state index is 5.32. The molecule has 1 aliphatic rings. The lowest BCUT2D eigenvalue weighted by atomic mass is 9.93. The minimum Gasteiger partial charge on any atom is -0.115 e. The predicted octanol–water partition coefficient (Wildman–Crippen LogP) is 10.3. The average Bonchev–Trinajstić information content (AvgIpc) is 2.71.